The van der Waals surface area contributed by atoms with Gasteiger partial charge in [0.05, 0.1) is 11.8 Å². The Labute approximate surface area is 179 Å². The van der Waals surface area contributed by atoms with Gasteiger partial charge in [-0.15, -0.1) is 10.2 Å². The molecule has 150 valence electrons. The fourth-order valence-corrected chi connectivity index (χ4v) is 3.86. The lowest BCUT2D eigenvalue weighted by molar-refractivity contribution is -0.119. The lowest BCUT2D eigenvalue weighted by atomic mass is 10.1. The first-order chi connectivity index (χ1) is 14.7. The molecule has 4 rings (SSSR count). The van der Waals surface area contributed by atoms with Crippen molar-refractivity contribution in [1.82, 2.24) is 25.1 Å². The van der Waals surface area contributed by atoms with Gasteiger partial charge < -0.3 is 5.32 Å². The van der Waals surface area contributed by atoms with E-state index >= 15 is 0 Å². The Morgan fingerprint density at radius 3 is 2.33 bits per heavy atom. The summed E-state index contributed by atoms with van der Waals surface area (Å²) in [5, 5.41) is 12.4. The Morgan fingerprint density at radius 1 is 0.967 bits per heavy atom. The second kappa shape index (κ2) is 9.37. The molecular weight excluding hydrogens is 394 g/mol. The summed E-state index contributed by atoms with van der Waals surface area (Å²) in [4.78, 5) is 16.6. The third kappa shape index (κ3) is 4.58. The summed E-state index contributed by atoms with van der Waals surface area (Å²) in [6, 6.07) is 23.5. The normalized spacial score (nSPS) is 11.8. The molecule has 0 spiro atoms. The molecular formula is C23H21N5OS. The number of nitrogens with zero attached hydrogens (tertiary/aromatic N) is 4. The van der Waals surface area contributed by atoms with Crippen molar-refractivity contribution in [1.29, 1.82) is 0 Å². The molecule has 0 aliphatic rings. The molecule has 2 aromatic carbocycles. The van der Waals surface area contributed by atoms with Crippen molar-refractivity contribution in [2.24, 2.45) is 0 Å². The topological polar surface area (TPSA) is 72.7 Å². The summed E-state index contributed by atoms with van der Waals surface area (Å²) < 4.78 is 1.97. The van der Waals surface area contributed by atoms with E-state index < -0.39 is 0 Å². The summed E-state index contributed by atoms with van der Waals surface area (Å²) in [6.07, 6.45) is 3.45. The van der Waals surface area contributed by atoms with Crippen LogP contribution < -0.4 is 5.32 Å². The number of nitrogens with one attached hydrogen (secondary N) is 1. The Bertz CT molecular complexity index is 1100. The minimum absolute atomic E-state index is 0.0515. The van der Waals surface area contributed by atoms with E-state index in [1.165, 1.54) is 11.8 Å². The predicted molar refractivity (Wildman–Crippen MR) is 118 cm³/mol. The predicted octanol–water partition coefficient (Wildman–Crippen LogP) is 4.30. The highest BCUT2D eigenvalue weighted by Gasteiger charge is 2.18. The van der Waals surface area contributed by atoms with Crippen LogP contribution in [0.5, 0.6) is 0 Å². The summed E-state index contributed by atoms with van der Waals surface area (Å²) in [6.45, 7) is 1.98. The highest BCUT2D eigenvalue weighted by Crippen LogP contribution is 2.27. The first-order valence-corrected chi connectivity index (χ1v) is 10.6. The maximum Gasteiger partial charge on any atom is 0.230 e. The van der Waals surface area contributed by atoms with Gasteiger partial charge in [0.15, 0.2) is 11.0 Å². The monoisotopic (exact) mass is 415 g/mol. The van der Waals surface area contributed by atoms with E-state index in [-0.39, 0.29) is 17.7 Å². The van der Waals surface area contributed by atoms with Crippen LogP contribution in [0, 0.1) is 0 Å². The molecule has 0 unspecified atom stereocenters. The number of thioether (sulfide) groups is 1. The van der Waals surface area contributed by atoms with Gasteiger partial charge in [0.2, 0.25) is 5.91 Å². The number of benzene rings is 2. The summed E-state index contributed by atoms with van der Waals surface area (Å²) in [7, 11) is 0. The quantitative estimate of drug-likeness (QED) is 0.456. The number of aromatic nitrogens is 4. The van der Waals surface area contributed by atoms with Crippen LogP contribution in [-0.2, 0) is 4.79 Å². The van der Waals surface area contributed by atoms with E-state index in [0.717, 1.165) is 16.8 Å². The van der Waals surface area contributed by atoms with Crippen molar-refractivity contribution in [3.05, 3.63) is 90.8 Å². The van der Waals surface area contributed by atoms with Gasteiger partial charge in [0.25, 0.3) is 0 Å². The average molecular weight is 416 g/mol. The minimum Gasteiger partial charge on any atom is -0.349 e. The van der Waals surface area contributed by atoms with Crippen molar-refractivity contribution in [3.63, 3.8) is 0 Å². The molecule has 4 aromatic rings. The molecule has 1 atom stereocenters. The molecule has 1 N–H and O–H groups in total. The van der Waals surface area contributed by atoms with Crippen molar-refractivity contribution in [3.8, 4) is 17.1 Å². The molecule has 7 heteroatoms. The second-order valence-electron chi connectivity index (χ2n) is 6.70. The van der Waals surface area contributed by atoms with E-state index in [1.807, 2.05) is 84.3 Å². The molecule has 0 aliphatic carbocycles. The molecule has 6 nitrogen and oxygen atoms in total. The van der Waals surface area contributed by atoms with E-state index in [1.54, 1.807) is 12.4 Å². The van der Waals surface area contributed by atoms with Crippen molar-refractivity contribution >= 4 is 17.7 Å². The number of amides is 1. The Kier molecular flexibility index (Phi) is 6.20. The Hall–Kier alpha value is -3.45. The summed E-state index contributed by atoms with van der Waals surface area (Å²) in [5.41, 5.74) is 2.92. The highest BCUT2D eigenvalue weighted by atomic mass is 32.2. The highest BCUT2D eigenvalue weighted by molar-refractivity contribution is 7.99. The third-order valence-electron chi connectivity index (χ3n) is 4.60. The van der Waals surface area contributed by atoms with Gasteiger partial charge in [-0.3, -0.25) is 14.3 Å². The maximum absolute atomic E-state index is 12.5. The molecule has 0 saturated carbocycles. The molecule has 2 aromatic heterocycles. The number of para-hydroxylation sites is 1. The molecule has 0 bridgehead atoms. The lowest BCUT2D eigenvalue weighted by Crippen LogP contribution is -2.28. The van der Waals surface area contributed by atoms with E-state index in [4.69, 9.17) is 0 Å². The molecule has 0 radical (unpaired) electrons. The smallest absolute Gasteiger partial charge is 0.230 e. The number of carbonyl (C=O) groups is 1. The standard InChI is InChI=1S/C23H21N5OS/c1-17(18-8-4-2-5-9-18)25-21(29)16-30-23-27-26-22(19-12-14-24-15-13-19)28(23)20-10-6-3-7-11-20/h2-15,17H,16H2,1H3,(H,25,29)/t17-/m1/s1. The fourth-order valence-electron chi connectivity index (χ4n) is 3.10. The fraction of sp³-hybridized carbons (Fsp3) is 0.130. The Morgan fingerprint density at radius 2 is 1.63 bits per heavy atom. The van der Waals surface area contributed by atoms with Gasteiger partial charge in [-0.25, -0.2) is 0 Å². The van der Waals surface area contributed by atoms with Crippen LogP contribution in [0.4, 0.5) is 0 Å². The van der Waals surface area contributed by atoms with Gasteiger partial charge >= 0.3 is 0 Å². The minimum atomic E-state index is -0.0568. The second-order valence-corrected chi connectivity index (χ2v) is 7.64. The SMILES string of the molecule is C[C@@H](NC(=O)CSc1nnc(-c2ccncc2)n1-c1ccccc1)c1ccccc1. The van der Waals surface area contributed by atoms with E-state index in [2.05, 4.69) is 20.5 Å². The Balaban J connectivity index is 1.53. The molecule has 0 saturated heterocycles. The zero-order chi connectivity index (χ0) is 20.8. The first kappa shape index (κ1) is 19.8. The van der Waals surface area contributed by atoms with Gasteiger partial charge in [-0.05, 0) is 36.8 Å². The number of rotatable bonds is 7. The summed E-state index contributed by atoms with van der Waals surface area (Å²) in [5.74, 6) is 0.909. The molecule has 0 fully saturated rings. The maximum atomic E-state index is 12.5. The van der Waals surface area contributed by atoms with Gasteiger partial charge in [-0.2, -0.15) is 0 Å². The molecule has 30 heavy (non-hydrogen) atoms. The largest absolute Gasteiger partial charge is 0.349 e. The average Bonchev–Trinajstić information content (AvgIpc) is 3.23. The van der Waals surface area contributed by atoms with Crippen molar-refractivity contribution < 1.29 is 4.79 Å². The molecule has 0 aliphatic heterocycles. The van der Waals surface area contributed by atoms with Crippen LogP contribution in [0.3, 0.4) is 0 Å². The number of hydrogen-bond acceptors (Lipinski definition) is 5. The summed E-state index contributed by atoms with van der Waals surface area (Å²) >= 11 is 1.36. The third-order valence-corrected chi connectivity index (χ3v) is 5.52. The van der Waals surface area contributed by atoms with Crippen LogP contribution in [0.25, 0.3) is 17.1 Å². The first-order valence-electron chi connectivity index (χ1n) is 9.60. The van der Waals surface area contributed by atoms with Crippen LogP contribution in [0.2, 0.25) is 0 Å². The van der Waals surface area contributed by atoms with Crippen molar-refractivity contribution in [2.75, 3.05) is 5.75 Å². The van der Waals surface area contributed by atoms with Crippen LogP contribution in [0.15, 0.2) is 90.3 Å². The van der Waals surface area contributed by atoms with Gasteiger partial charge in [0, 0.05) is 23.6 Å². The number of pyridine rings is 1. The van der Waals surface area contributed by atoms with E-state index in [9.17, 15) is 4.79 Å². The van der Waals surface area contributed by atoms with E-state index in [0.29, 0.717) is 11.0 Å². The zero-order valence-electron chi connectivity index (χ0n) is 16.5. The van der Waals surface area contributed by atoms with Gasteiger partial charge in [-0.1, -0.05) is 60.3 Å². The van der Waals surface area contributed by atoms with Crippen LogP contribution >= 0.6 is 11.8 Å². The number of hydrogen-bond donors (Lipinski definition) is 1. The lowest BCUT2D eigenvalue weighted by Gasteiger charge is -2.14. The van der Waals surface area contributed by atoms with Crippen LogP contribution in [0.1, 0.15) is 18.5 Å². The zero-order valence-corrected chi connectivity index (χ0v) is 17.3. The molecule has 2 heterocycles. The van der Waals surface area contributed by atoms with Crippen molar-refractivity contribution in [2.45, 2.75) is 18.1 Å². The van der Waals surface area contributed by atoms with Gasteiger partial charge in [0.1, 0.15) is 0 Å². The number of carbonyl (C=O) groups excluding carboxylic acids is 1. The molecule has 1 amide bonds. The van der Waals surface area contributed by atoms with Crippen LogP contribution in [-0.4, -0.2) is 31.4 Å².